The molecule has 1 aromatic rings. The first-order valence-corrected chi connectivity index (χ1v) is 6.22. The summed E-state index contributed by atoms with van der Waals surface area (Å²) in [6.07, 6.45) is 0.110. The zero-order valence-electron chi connectivity index (χ0n) is 11.5. The van der Waals surface area contributed by atoms with E-state index in [-0.39, 0.29) is 37.3 Å². The van der Waals surface area contributed by atoms with Gasteiger partial charge in [-0.1, -0.05) is 6.07 Å². The number of amides is 1. The third-order valence-electron chi connectivity index (χ3n) is 2.86. The normalized spacial score (nSPS) is 10.6. The van der Waals surface area contributed by atoms with Crippen LogP contribution in [0.5, 0.6) is 5.75 Å². The number of nitrogens with zero attached hydrogens (tertiary/aromatic N) is 1. The second-order valence-electron chi connectivity index (χ2n) is 4.55. The molecule has 0 aliphatic heterocycles. The Kier molecular flexibility index (Phi) is 5.76. The number of hydrogen-bond donors (Lipinski definition) is 1. The van der Waals surface area contributed by atoms with Crippen molar-refractivity contribution in [2.24, 2.45) is 0 Å². The van der Waals surface area contributed by atoms with Gasteiger partial charge in [-0.05, 0) is 31.5 Å². The SMILES string of the molecule is COc1ccc(CC(=O)N(CCO)C(C)C)cc1F. The molecule has 0 radical (unpaired) electrons. The lowest BCUT2D eigenvalue weighted by Gasteiger charge is -2.26. The van der Waals surface area contributed by atoms with Crippen molar-refractivity contribution in [2.45, 2.75) is 26.3 Å². The molecule has 1 rings (SSSR count). The first-order valence-electron chi connectivity index (χ1n) is 6.22. The van der Waals surface area contributed by atoms with Crippen LogP contribution in [0.15, 0.2) is 18.2 Å². The van der Waals surface area contributed by atoms with Crippen molar-refractivity contribution in [1.82, 2.24) is 4.90 Å². The minimum absolute atomic E-state index is 0.00254. The van der Waals surface area contributed by atoms with E-state index in [0.29, 0.717) is 5.56 Å². The Morgan fingerprint density at radius 3 is 2.63 bits per heavy atom. The Morgan fingerprint density at radius 2 is 2.16 bits per heavy atom. The van der Waals surface area contributed by atoms with E-state index in [1.54, 1.807) is 11.0 Å². The Morgan fingerprint density at radius 1 is 1.47 bits per heavy atom. The summed E-state index contributed by atoms with van der Waals surface area (Å²) in [5, 5.41) is 8.94. The summed E-state index contributed by atoms with van der Waals surface area (Å²) < 4.78 is 18.3. The zero-order chi connectivity index (χ0) is 14.4. The third kappa shape index (κ3) is 4.21. The van der Waals surface area contributed by atoms with Crippen LogP contribution in [-0.2, 0) is 11.2 Å². The van der Waals surface area contributed by atoms with Crippen LogP contribution in [0.1, 0.15) is 19.4 Å². The van der Waals surface area contributed by atoms with Crippen molar-refractivity contribution < 1.29 is 19.0 Å². The Balaban J connectivity index is 2.78. The quantitative estimate of drug-likeness (QED) is 0.853. The fourth-order valence-electron chi connectivity index (χ4n) is 1.87. The molecule has 1 N–H and O–H groups in total. The van der Waals surface area contributed by atoms with Crippen molar-refractivity contribution in [3.05, 3.63) is 29.6 Å². The van der Waals surface area contributed by atoms with Gasteiger partial charge in [0.15, 0.2) is 11.6 Å². The monoisotopic (exact) mass is 269 g/mol. The van der Waals surface area contributed by atoms with E-state index in [1.165, 1.54) is 19.2 Å². The summed E-state index contributed by atoms with van der Waals surface area (Å²) in [6.45, 7) is 3.96. The lowest BCUT2D eigenvalue weighted by atomic mass is 10.1. The van der Waals surface area contributed by atoms with Crippen LogP contribution in [-0.4, -0.2) is 42.2 Å². The van der Waals surface area contributed by atoms with E-state index in [1.807, 2.05) is 13.8 Å². The van der Waals surface area contributed by atoms with Crippen LogP contribution in [0.2, 0.25) is 0 Å². The first kappa shape index (κ1) is 15.4. The van der Waals surface area contributed by atoms with Gasteiger partial charge in [0.25, 0.3) is 0 Å². The lowest BCUT2D eigenvalue weighted by Crippen LogP contribution is -2.39. The fourth-order valence-corrected chi connectivity index (χ4v) is 1.87. The van der Waals surface area contributed by atoms with Crippen LogP contribution >= 0.6 is 0 Å². The van der Waals surface area contributed by atoms with E-state index in [9.17, 15) is 9.18 Å². The van der Waals surface area contributed by atoms with Gasteiger partial charge in [0.2, 0.25) is 5.91 Å². The largest absolute Gasteiger partial charge is 0.494 e. The average molecular weight is 269 g/mol. The van der Waals surface area contributed by atoms with Gasteiger partial charge in [-0.15, -0.1) is 0 Å². The molecule has 0 unspecified atom stereocenters. The maximum Gasteiger partial charge on any atom is 0.227 e. The van der Waals surface area contributed by atoms with Crippen molar-refractivity contribution in [3.8, 4) is 5.75 Å². The topological polar surface area (TPSA) is 49.8 Å². The molecule has 0 saturated carbocycles. The summed E-state index contributed by atoms with van der Waals surface area (Å²) in [5.41, 5.74) is 0.590. The van der Waals surface area contributed by atoms with E-state index in [4.69, 9.17) is 9.84 Å². The highest BCUT2D eigenvalue weighted by atomic mass is 19.1. The molecule has 0 atom stereocenters. The van der Waals surface area contributed by atoms with Gasteiger partial charge >= 0.3 is 0 Å². The number of halogens is 1. The number of ether oxygens (including phenoxy) is 1. The molecule has 0 spiro atoms. The van der Waals surface area contributed by atoms with Crippen molar-refractivity contribution in [1.29, 1.82) is 0 Å². The number of carbonyl (C=O) groups is 1. The molecule has 0 saturated heterocycles. The van der Waals surface area contributed by atoms with E-state index < -0.39 is 5.82 Å². The maximum absolute atomic E-state index is 13.5. The molecule has 0 aliphatic carbocycles. The van der Waals surface area contributed by atoms with E-state index >= 15 is 0 Å². The molecule has 0 fully saturated rings. The van der Waals surface area contributed by atoms with Gasteiger partial charge < -0.3 is 14.7 Å². The maximum atomic E-state index is 13.5. The number of benzene rings is 1. The second kappa shape index (κ2) is 7.09. The van der Waals surface area contributed by atoms with Crippen molar-refractivity contribution in [2.75, 3.05) is 20.3 Å². The molecule has 5 heteroatoms. The van der Waals surface area contributed by atoms with Gasteiger partial charge in [-0.3, -0.25) is 4.79 Å². The third-order valence-corrected chi connectivity index (χ3v) is 2.86. The number of aliphatic hydroxyl groups is 1. The van der Waals surface area contributed by atoms with Gasteiger partial charge in [-0.2, -0.15) is 0 Å². The summed E-state index contributed by atoms with van der Waals surface area (Å²) in [7, 11) is 1.39. The number of rotatable bonds is 6. The highest BCUT2D eigenvalue weighted by Gasteiger charge is 2.17. The molecule has 0 heterocycles. The summed E-state index contributed by atoms with van der Waals surface area (Å²) in [6, 6.07) is 4.47. The predicted octanol–water partition coefficient (Wildman–Crippen LogP) is 1.61. The molecule has 4 nitrogen and oxygen atoms in total. The van der Waals surface area contributed by atoms with Crippen LogP contribution in [0.3, 0.4) is 0 Å². The number of methoxy groups -OCH3 is 1. The zero-order valence-corrected chi connectivity index (χ0v) is 11.5. The Labute approximate surface area is 112 Å². The highest BCUT2D eigenvalue weighted by Crippen LogP contribution is 2.18. The Hall–Kier alpha value is -1.62. The molecule has 19 heavy (non-hydrogen) atoms. The lowest BCUT2D eigenvalue weighted by molar-refractivity contribution is -0.132. The minimum atomic E-state index is -0.481. The van der Waals surface area contributed by atoms with E-state index in [0.717, 1.165) is 0 Å². The van der Waals surface area contributed by atoms with Crippen molar-refractivity contribution >= 4 is 5.91 Å². The highest BCUT2D eigenvalue weighted by molar-refractivity contribution is 5.79. The molecule has 0 aliphatic rings. The number of hydrogen-bond acceptors (Lipinski definition) is 3. The molecular weight excluding hydrogens is 249 g/mol. The average Bonchev–Trinajstić information content (AvgIpc) is 2.35. The molecule has 1 aromatic carbocycles. The summed E-state index contributed by atoms with van der Waals surface area (Å²) in [4.78, 5) is 13.6. The standard InChI is InChI=1S/C14H20FNO3/c1-10(2)16(6-7-17)14(18)9-11-4-5-13(19-3)12(15)8-11/h4-5,8,10,17H,6-7,9H2,1-3H3. The van der Waals surface area contributed by atoms with E-state index in [2.05, 4.69) is 0 Å². The molecule has 106 valence electrons. The minimum Gasteiger partial charge on any atom is -0.494 e. The smallest absolute Gasteiger partial charge is 0.227 e. The van der Waals surface area contributed by atoms with Gasteiger partial charge in [-0.25, -0.2) is 4.39 Å². The Bertz CT molecular complexity index is 435. The van der Waals surface area contributed by atoms with Gasteiger partial charge in [0.05, 0.1) is 20.1 Å². The van der Waals surface area contributed by atoms with Crippen LogP contribution in [0.4, 0.5) is 4.39 Å². The second-order valence-corrected chi connectivity index (χ2v) is 4.55. The summed E-state index contributed by atoms with van der Waals surface area (Å²) in [5.74, 6) is -0.452. The fraction of sp³-hybridized carbons (Fsp3) is 0.500. The van der Waals surface area contributed by atoms with Gasteiger partial charge in [0.1, 0.15) is 0 Å². The van der Waals surface area contributed by atoms with Crippen LogP contribution in [0.25, 0.3) is 0 Å². The first-order chi connectivity index (χ1) is 8.99. The molecule has 0 bridgehead atoms. The predicted molar refractivity (Wildman–Crippen MR) is 70.6 cm³/mol. The summed E-state index contributed by atoms with van der Waals surface area (Å²) >= 11 is 0. The molecular formula is C14H20FNO3. The van der Waals surface area contributed by atoms with Crippen LogP contribution < -0.4 is 4.74 Å². The van der Waals surface area contributed by atoms with Crippen molar-refractivity contribution in [3.63, 3.8) is 0 Å². The number of carbonyl (C=O) groups excluding carboxylic acids is 1. The number of aliphatic hydroxyl groups excluding tert-OH is 1. The molecule has 0 aromatic heterocycles. The van der Waals surface area contributed by atoms with Gasteiger partial charge in [0, 0.05) is 12.6 Å². The van der Waals surface area contributed by atoms with Crippen LogP contribution in [0, 0.1) is 5.82 Å². The molecule has 1 amide bonds.